The Hall–Kier alpha value is -2.72. The van der Waals surface area contributed by atoms with Crippen molar-refractivity contribution in [1.29, 1.82) is 5.26 Å². The lowest BCUT2D eigenvalue weighted by Gasteiger charge is -1.98. The lowest BCUT2D eigenvalue weighted by atomic mass is 10.1. The smallest absolute Gasteiger partial charge is 0.270 e. The van der Waals surface area contributed by atoms with Crippen LogP contribution in [0.15, 0.2) is 47.1 Å². The van der Waals surface area contributed by atoms with Crippen molar-refractivity contribution in [2.75, 3.05) is 0 Å². The molecule has 0 unspecified atom stereocenters. The minimum atomic E-state index is -0.470. The van der Waals surface area contributed by atoms with Gasteiger partial charge in [-0.1, -0.05) is 12.1 Å². The first-order valence-corrected chi connectivity index (χ1v) is 6.72. The summed E-state index contributed by atoms with van der Waals surface area (Å²) in [4.78, 5) is 14.8. The number of rotatable bonds is 2. The zero-order chi connectivity index (χ0) is 15.0. The number of non-ortho nitro benzene ring substituents is 1. The minimum Gasteiger partial charge on any atom is -0.290 e. The van der Waals surface area contributed by atoms with Gasteiger partial charge in [-0.15, -0.1) is 0 Å². The van der Waals surface area contributed by atoms with Gasteiger partial charge in [0.15, 0.2) is 5.69 Å². The highest BCUT2D eigenvalue weighted by Crippen LogP contribution is 2.27. The zero-order valence-electron chi connectivity index (χ0n) is 10.5. The van der Waals surface area contributed by atoms with Gasteiger partial charge in [0.25, 0.3) is 5.69 Å². The Balaban J connectivity index is 2.28. The monoisotopic (exact) mass is 342 g/mol. The van der Waals surface area contributed by atoms with E-state index in [1.165, 1.54) is 12.1 Å². The molecule has 0 aliphatic rings. The van der Waals surface area contributed by atoms with Crippen molar-refractivity contribution in [2.45, 2.75) is 0 Å². The Bertz CT molecular complexity index is 911. The Labute approximate surface area is 127 Å². The van der Waals surface area contributed by atoms with Crippen LogP contribution < -0.4 is 0 Å². The first kappa shape index (κ1) is 13.3. The van der Waals surface area contributed by atoms with Crippen LogP contribution in [0.5, 0.6) is 0 Å². The van der Waals surface area contributed by atoms with Crippen molar-refractivity contribution in [2.24, 2.45) is 0 Å². The van der Waals surface area contributed by atoms with Gasteiger partial charge in [-0.25, -0.2) is 4.98 Å². The highest BCUT2D eigenvalue weighted by atomic mass is 79.9. The molecule has 0 aliphatic heterocycles. The summed E-state index contributed by atoms with van der Waals surface area (Å²) < 4.78 is 2.47. The van der Waals surface area contributed by atoms with E-state index >= 15 is 0 Å². The number of aromatic nitrogens is 2. The number of imidazole rings is 1. The van der Waals surface area contributed by atoms with E-state index in [9.17, 15) is 15.4 Å². The summed E-state index contributed by atoms with van der Waals surface area (Å²) >= 11 is 3.34. The predicted molar refractivity (Wildman–Crippen MR) is 79.7 cm³/mol. The van der Waals surface area contributed by atoms with Gasteiger partial charge >= 0.3 is 0 Å². The van der Waals surface area contributed by atoms with Crippen LogP contribution in [0.4, 0.5) is 5.69 Å². The molecule has 0 saturated heterocycles. The van der Waals surface area contributed by atoms with Crippen molar-refractivity contribution >= 4 is 27.3 Å². The summed E-state index contributed by atoms with van der Waals surface area (Å²) in [6, 6.07) is 11.8. The fourth-order valence-electron chi connectivity index (χ4n) is 2.09. The van der Waals surface area contributed by atoms with Crippen LogP contribution in [0.3, 0.4) is 0 Å². The molecule has 0 saturated carbocycles. The molecule has 0 spiro atoms. The molecule has 3 aromatic rings. The van der Waals surface area contributed by atoms with E-state index in [4.69, 9.17) is 0 Å². The Morgan fingerprint density at radius 2 is 2.14 bits per heavy atom. The Kier molecular flexibility index (Phi) is 3.16. The maximum absolute atomic E-state index is 10.9. The number of pyridine rings is 1. The molecule has 0 amide bonds. The van der Waals surface area contributed by atoms with Gasteiger partial charge in [-0.05, 0) is 28.1 Å². The Morgan fingerprint density at radius 3 is 2.86 bits per heavy atom. The highest BCUT2D eigenvalue weighted by molar-refractivity contribution is 9.10. The summed E-state index contributed by atoms with van der Waals surface area (Å²) in [5.41, 5.74) is 1.89. The van der Waals surface area contributed by atoms with Crippen molar-refractivity contribution in [3.05, 3.63) is 62.9 Å². The van der Waals surface area contributed by atoms with E-state index in [1.54, 1.807) is 28.8 Å². The number of halogens is 1. The maximum Gasteiger partial charge on any atom is 0.270 e. The fourth-order valence-corrected chi connectivity index (χ4v) is 2.43. The first-order chi connectivity index (χ1) is 10.1. The predicted octanol–water partition coefficient (Wildman–Crippen LogP) is 3.54. The molecule has 0 atom stereocenters. The number of hydrogen-bond acceptors (Lipinski definition) is 4. The summed E-state index contributed by atoms with van der Waals surface area (Å²) in [5.74, 6) is 0. The van der Waals surface area contributed by atoms with Gasteiger partial charge in [0.1, 0.15) is 17.4 Å². The van der Waals surface area contributed by atoms with Gasteiger partial charge in [0, 0.05) is 28.4 Å². The summed E-state index contributed by atoms with van der Waals surface area (Å²) in [6.07, 6.45) is 1.74. The average Bonchev–Trinajstić information content (AvgIpc) is 2.85. The molecule has 0 fully saturated rings. The first-order valence-electron chi connectivity index (χ1n) is 5.92. The number of fused-ring (bicyclic) bond motifs is 1. The van der Waals surface area contributed by atoms with Crippen LogP contribution in [0.1, 0.15) is 5.69 Å². The van der Waals surface area contributed by atoms with Gasteiger partial charge in [-0.2, -0.15) is 5.26 Å². The van der Waals surface area contributed by atoms with Gasteiger partial charge in [-0.3, -0.25) is 14.5 Å². The van der Waals surface area contributed by atoms with E-state index in [1.807, 2.05) is 6.07 Å². The molecule has 2 heterocycles. The quantitative estimate of drug-likeness (QED) is 0.526. The number of hydrogen-bond donors (Lipinski definition) is 0. The molecule has 102 valence electrons. The number of nitrogens with zero attached hydrogens (tertiary/aromatic N) is 4. The van der Waals surface area contributed by atoms with E-state index in [0.29, 0.717) is 22.6 Å². The second kappa shape index (κ2) is 5.00. The lowest BCUT2D eigenvalue weighted by molar-refractivity contribution is -0.384. The molecule has 3 rings (SSSR count). The van der Waals surface area contributed by atoms with Gasteiger partial charge in [0.2, 0.25) is 0 Å². The standard InChI is InChI=1S/C14H7BrN4O2/c15-10-4-5-13-17-14(12(7-16)18(13)8-10)9-2-1-3-11(6-9)19(20)21/h1-6,8H. The lowest BCUT2D eigenvalue weighted by Crippen LogP contribution is -1.91. The topological polar surface area (TPSA) is 84.2 Å². The SMILES string of the molecule is N#Cc1c(-c2cccc([N+](=O)[O-])c2)nc2ccc(Br)cn12. The number of nitriles is 1. The number of nitro groups is 1. The van der Waals surface area contributed by atoms with Crippen LogP contribution in [-0.2, 0) is 0 Å². The van der Waals surface area contributed by atoms with E-state index in [2.05, 4.69) is 27.0 Å². The fraction of sp³-hybridized carbons (Fsp3) is 0. The van der Waals surface area contributed by atoms with E-state index in [-0.39, 0.29) is 5.69 Å². The van der Waals surface area contributed by atoms with E-state index in [0.717, 1.165) is 4.47 Å². The van der Waals surface area contributed by atoms with Crippen molar-refractivity contribution in [1.82, 2.24) is 9.38 Å². The van der Waals surface area contributed by atoms with Crippen LogP contribution in [0.2, 0.25) is 0 Å². The van der Waals surface area contributed by atoms with Crippen LogP contribution in [-0.4, -0.2) is 14.3 Å². The van der Waals surface area contributed by atoms with Crippen LogP contribution in [0.25, 0.3) is 16.9 Å². The normalized spacial score (nSPS) is 10.5. The van der Waals surface area contributed by atoms with Crippen LogP contribution >= 0.6 is 15.9 Å². The molecule has 7 heteroatoms. The summed E-state index contributed by atoms with van der Waals surface area (Å²) in [6.45, 7) is 0. The molecule has 1 aromatic carbocycles. The molecule has 6 nitrogen and oxygen atoms in total. The molecular weight excluding hydrogens is 336 g/mol. The molecule has 21 heavy (non-hydrogen) atoms. The minimum absolute atomic E-state index is 0.0328. The second-order valence-electron chi connectivity index (χ2n) is 4.30. The molecular formula is C14H7BrN4O2. The van der Waals surface area contributed by atoms with Crippen molar-refractivity contribution in [3.63, 3.8) is 0 Å². The average molecular weight is 343 g/mol. The number of benzene rings is 1. The van der Waals surface area contributed by atoms with Crippen molar-refractivity contribution in [3.8, 4) is 17.3 Å². The molecule has 0 aliphatic carbocycles. The molecule has 0 radical (unpaired) electrons. The third-order valence-electron chi connectivity index (χ3n) is 3.02. The van der Waals surface area contributed by atoms with Gasteiger partial charge < -0.3 is 0 Å². The summed E-state index contributed by atoms with van der Waals surface area (Å²) in [7, 11) is 0. The molecule has 2 aromatic heterocycles. The van der Waals surface area contributed by atoms with Crippen LogP contribution in [0, 0.1) is 21.4 Å². The molecule has 0 bridgehead atoms. The molecule has 0 N–H and O–H groups in total. The van der Waals surface area contributed by atoms with E-state index < -0.39 is 4.92 Å². The van der Waals surface area contributed by atoms with Crippen molar-refractivity contribution < 1.29 is 4.92 Å². The highest BCUT2D eigenvalue weighted by Gasteiger charge is 2.16. The summed E-state index contributed by atoms with van der Waals surface area (Å²) in [5, 5.41) is 20.2. The maximum atomic E-state index is 10.9. The zero-order valence-corrected chi connectivity index (χ0v) is 12.1. The Morgan fingerprint density at radius 1 is 1.33 bits per heavy atom. The second-order valence-corrected chi connectivity index (χ2v) is 5.22. The number of nitro benzene ring substituents is 1. The van der Waals surface area contributed by atoms with Gasteiger partial charge in [0.05, 0.1) is 4.92 Å². The largest absolute Gasteiger partial charge is 0.290 e. The third kappa shape index (κ3) is 2.26. The third-order valence-corrected chi connectivity index (χ3v) is 3.49.